The van der Waals surface area contributed by atoms with E-state index in [-0.39, 0.29) is 5.97 Å². The zero-order chi connectivity index (χ0) is 24.9. The van der Waals surface area contributed by atoms with Crippen LogP contribution in [-0.4, -0.2) is 24.7 Å². The maximum atomic E-state index is 13.0. The average molecular weight is 526 g/mol. The molecule has 0 aromatic heterocycles. The van der Waals surface area contributed by atoms with Crippen LogP contribution in [-0.2, 0) is 16.1 Å². The molecule has 0 aliphatic heterocycles. The van der Waals surface area contributed by atoms with E-state index in [4.69, 9.17) is 14.2 Å². The van der Waals surface area contributed by atoms with Crippen molar-refractivity contribution in [3.8, 4) is 11.5 Å². The number of carbonyl (C=O) groups excluding carboxylic acids is 1. The Balaban J connectivity index is 2.04. The molecule has 180 valence electrons. The van der Waals surface area contributed by atoms with Gasteiger partial charge in [0.25, 0.3) is 0 Å². The number of carbonyl (C=O) groups is 1. The lowest BCUT2D eigenvalue weighted by molar-refractivity contribution is -0.154. The largest absolute Gasteiger partial charge is 0.497 e. The number of methoxy groups -OCH3 is 1. The second-order valence-corrected chi connectivity index (χ2v) is 10.1. The summed E-state index contributed by atoms with van der Waals surface area (Å²) in [6.07, 6.45) is 1.86. The Bertz CT molecular complexity index is 1180. The third-order valence-electron chi connectivity index (χ3n) is 4.95. The minimum absolute atomic E-state index is 0.349. The molecule has 0 saturated carbocycles. The first-order chi connectivity index (χ1) is 16.1. The third-order valence-corrected chi connectivity index (χ3v) is 5.80. The fourth-order valence-electron chi connectivity index (χ4n) is 3.46. The number of halogens is 1. The van der Waals surface area contributed by atoms with Crippen molar-refractivity contribution in [3.63, 3.8) is 0 Å². The number of rotatable bonds is 8. The van der Waals surface area contributed by atoms with Crippen molar-refractivity contribution in [1.29, 1.82) is 0 Å². The molecule has 0 spiro atoms. The molecule has 1 N–H and O–H groups in total. The fraction of sp³-hybridized carbons (Fsp3) is 0.321. The van der Waals surface area contributed by atoms with Gasteiger partial charge < -0.3 is 19.5 Å². The van der Waals surface area contributed by atoms with E-state index in [1.54, 1.807) is 7.11 Å². The Hall–Kier alpha value is -2.99. The SMILES string of the molecule is COc1ccc2c(OCc3ccccc3)cc(NC(C=C(C)C)C(=O)OC(C)(C)C)c(Br)c2c1. The minimum Gasteiger partial charge on any atom is -0.497 e. The molecule has 5 nitrogen and oxygen atoms in total. The van der Waals surface area contributed by atoms with Crippen molar-refractivity contribution in [2.45, 2.75) is 52.9 Å². The number of benzene rings is 3. The highest BCUT2D eigenvalue weighted by molar-refractivity contribution is 9.10. The van der Waals surface area contributed by atoms with Crippen LogP contribution in [0.15, 0.2) is 70.7 Å². The van der Waals surface area contributed by atoms with E-state index < -0.39 is 11.6 Å². The molecule has 0 heterocycles. The van der Waals surface area contributed by atoms with E-state index in [9.17, 15) is 4.79 Å². The van der Waals surface area contributed by atoms with Gasteiger partial charge in [-0.05, 0) is 74.3 Å². The second-order valence-electron chi connectivity index (χ2n) is 9.32. The highest BCUT2D eigenvalue weighted by Gasteiger charge is 2.25. The van der Waals surface area contributed by atoms with Crippen molar-refractivity contribution in [2.75, 3.05) is 12.4 Å². The number of allylic oxidation sites excluding steroid dienone is 1. The average Bonchev–Trinajstić information content (AvgIpc) is 2.78. The summed E-state index contributed by atoms with van der Waals surface area (Å²) in [7, 11) is 1.64. The van der Waals surface area contributed by atoms with Crippen molar-refractivity contribution in [3.05, 3.63) is 76.3 Å². The number of hydrogen-bond acceptors (Lipinski definition) is 5. The highest BCUT2D eigenvalue weighted by Crippen LogP contribution is 2.40. The van der Waals surface area contributed by atoms with Gasteiger partial charge in [-0.25, -0.2) is 4.79 Å². The third kappa shape index (κ3) is 6.76. The van der Waals surface area contributed by atoms with E-state index in [1.807, 2.05) is 95.3 Å². The van der Waals surface area contributed by atoms with Crippen LogP contribution in [0.2, 0.25) is 0 Å². The zero-order valence-corrected chi connectivity index (χ0v) is 22.2. The topological polar surface area (TPSA) is 56.8 Å². The smallest absolute Gasteiger partial charge is 0.333 e. The summed E-state index contributed by atoms with van der Waals surface area (Å²) in [5.74, 6) is 1.08. The van der Waals surface area contributed by atoms with Gasteiger partial charge >= 0.3 is 5.97 Å². The normalized spacial score (nSPS) is 12.1. The van der Waals surface area contributed by atoms with Gasteiger partial charge in [0.05, 0.1) is 12.8 Å². The van der Waals surface area contributed by atoms with Crippen LogP contribution < -0.4 is 14.8 Å². The lowest BCUT2D eigenvalue weighted by Crippen LogP contribution is -2.35. The van der Waals surface area contributed by atoms with Crippen LogP contribution in [0.4, 0.5) is 5.69 Å². The van der Waals surface area contributed by atoms with Crippen LogP contribution in [0.5, 0.6) is 11.5 Å². The van der Waals surface area contributed by atoms with Gasteiger partial charge in [0, 0.05) is 21.3 Å². The molecule has 0 aliphatic rings. The second kappa shape index (κ2) is 11.0. The van der Waals surface area contributed by atoms with Crippen LogP contribution in [0.1, 0.15) is 40.2 Å². The van der Waals surface area contributed by atoms with Gasteiger partial charge in [-0.15, -0.1) is 0 Å². The molecule has 0 aliphatic carbocycles. The number of ether oxygens (including phenoxy) is 3. The van der Waals surface area contributed by atoms with Crippen molar-refractivity contribution in [2.24, 2.45) is 0 Å². The predicted octanol–water partition coefficient (Wildman–Crippen LogP) is 7.28. The van der Waals surface area contributed by atoms with Gasteiger partial charge in [-0.1, -0.05) is 42.0 Å². The fourth-order valence-corrected chi connectivity index (χ4v) is 4.02. The summed E-state index contributed by atoms with van der Waals surface area (Å²) in [5.41, 5.74) is 2.20. The monoisotopic (exact) mass is 525 g/mol. The summed E-state index contributed by atoms with van der Waals surface area (Å²) < 4.78 is 18.2. The van der Waals surface area contributed by atoms with E-state index >= 15 is 0 Å². The molecule has 34 heavy (non-hydrogen) atoms. The summed E-state index contributed by atoms with van der Waals surface area (Å²) in [4.78, 5) is 13.0. The first-order valence-electron chi connectivity index (χ1n) is 11.2. The lowest BCUT2D eigenvalue weighted by Gasteiger charge is -2.25. The molecule has 0 fully saturated rings. The molecule has 0 saturated heterocycles. The molecule has 6 heteroatoms. The molecule has 1 unspecified atom stereocenters. The predicted molar refractivity (Wildman–Crippen MR) is 142 cm³/mol. The van der Waals surface area contributed by atoms with Gasteiger partial charge in [0.2, 0.25) is 0 Å². The molecule has 3 rings (SSSR count). The van der Waals surface area contributed by atoms with E-state index in [2.05, 4.69) is 21.2 Å². The van der Waals surface area contributed by atoms with Gasteiger partial charge in [0.1, 0.15) is 29.7 Å². The summed E-state index contributed by atoms with van der Waals surface area (Å²) in [6.45, 7) is 9.91. The van der Waals surface area contributed by atoms with E-state index in [0.29, 0.717) is 12.4 Å². The maximum absolute atomic E-state index is 13.0. The summed E-state index contributed by atoms with van der Waals surface area (Å²) in [5, 5.41) is 5.20. The first kappa shape index (κ1) is 25.6. The van der Waals surface area contributed by atoms with Crippen LogP contribution in [0.3, 0.4) is 0 Å². The lowest BCUT2D eigenvalue weighted by atomic mass is 10.1. The molecular weight excluding hydrogens is 494 g/mol. The number of hydrogen-bond donors (Lipinski definition) is 1. The molecule has 0 amide bonds. The minimum atomic E-state index is -0.662. The molecular formula is C28H32BrNO4. The summed E-state index contributed by atoms with van der Waals surface area (Å²) >= 11 is 3.73. The molecule has 0 bridgehead atoms. The van der Waals surface area contributed by atoms with Crippen molar-refractivity contribution >= 4 is 38.4 Å². The Kier molecular flexibility index (Phi) is 8.26. The first-order valence-corrected chi connectivity index (χ1v) is 12.0. The molecule has 1 atom stereocenters. The van der Waals surface area contributed by atoms with Gasteiger partial charge in [0.15, 0.2) is 0 Å². The van der Waals surface area contributed by atoms with E-state index in [0.717, 1.165) is 37.8 Å². The Morgan fingerprint density at radius 2 is 1.76 bits per heavy atom. The Morgan fingerprint density at radius 3 is 2.38 bits per heavy atom. The highest BCUT2D eigenvalue weighted by atomic mass is 79.9. The van der Waals surface area contributed by atoms with Crippen molar-refractivity contribution < 1.29 is 19.0 Å². The van der Waals surface area contributed by atoms with E-state index in [1.165, 1.54) is 0 Å². The van der Waals surface area contributed by atoms with Crippen molar-refractivity contribution in [1.82, 2.24) is 0 Å². The Labute approximate surface area is 210 Å². The summed E-state index contributed by atoms with van der Waals surface area (Å²) in [6, 6.07) is 17.1. The molecule has 0 radical (unpaired) electrons. The maximum Gasteiger partial charge on any atom is 0.333 e. The number of fused-ring (bicyclic) bond motifs is 1. The van der Waals surface area contributed by atoms with Crippen LogP contribution in [0.25, 0.3) is 10.8 Å². The van der Waals surface area contributed by atoms with Gasteiger partial charge in [-0.3, -0.25) is 0 Å². The van der Waals surface area contributed by atoms with Crippen LogP contribution >= 0.6 is 15.9 Å². The van der Waals surface area contributed by atoms with Gasteiger partial charge in [-0.2, -0.15) is 0 Å². The zero-order valence-electron chi connectivity index (χ0n) is 20.6. The number of esters is 1. The quantitative estimate of drug-likeness (QED) is 0.247. The standard InChI is InChI=1S/C28H32BrNO4/c1-18(2)14-24(27(31)34-28(3,4)5)30-23-16-25(33-17-19-10-8-7-9-11-19)21-13-12-20(32-6)15-22(21)26(23)29/h7-16,24,30H,17H2,1-6H3. The number of anilines is 1. The Morgan fingerprint density at radius 1 is 1.06 bits per heavy atom. The molecule has 3 aromatic carbocycles. The molecule has 3 aromatic rings. The number of nitrogens with one attached hydrogen (secondary N) is 1. The van der Waals surface area contributed by atoms with Crippen LogP contribution in [0, 0.1) is 0 Å².